The van der Waals surface area contributed by atoms with Crippen molar-refractivity contribution in [3.8, 4) is 0 Å². The fourth-order valence-corrected chi connectivity index (χ4v) is 7.03. The number of hydrogen-bond acceptors (Lipinski definition) is 4. The second kappa shape index (κ2) is 14.2. The predicted octanol–water partition coefficient (Wildman–Crippen LogP) is 7.07. The number of carbonyl (C=O) groups excluding carboxylic acids is 2. The van der Waals surface area contributed by atoms with E-state index in [-0.39, 0.29) is 33.2 Å². The van der Waals surface area contributed by atoms with Gasteiger partial charge in [0.1, 0.15) is 12.6 Å². The summed E-state index contributed by atoms with van der Waals surface area (Å²) in [7, 11) is -4.54. The molecule has 0 bridgehead atoms. The summed E-state index contributed by atoms with van der Waals surface area (Å²) in [6.45, 7) is 0.348. The van der Waals surface area contributed by atoms with Crippen molar-refractivity contribution >= 4 is 50.7 Å². The van der Waals surface area contributed by atoms with Gasteiger partial charge in [-0.3, -0.25) is 13.9 Å². The average molecular weight is 671 g/mol. The second-order valence-electron chi connectivity index (χ2n) is 10.6. The largest absolute Gasteiger partial charge is 0.416 e. The first-order chi connectivity index (χ1) is 20.8. The molecule has 3 aromatic rings. The fourth-order valence-electron chi connectivity index (χ4n) is 5.09. The van der Waals surface area contributed by atoms with Crippen LogP contribution in [0.1, 0.15) is 50.2 Å². The maximum absolute atomic E-state index is 14.1. The molecule has 0 radical (unpaired) electrons. The first kappa shape index (κ1) is 33.6. The van der Waals surface area contributed by atoms with Crippen LogP contribution in [-0.4, -0.2) is 43.8 Å². The molecule has 4 rings (SSSR count). The fraction of sp³-hybridized carbons (Fsp3) is 0.355. The number of amides is 2. The zero-order valence-corrected chi connectivity index (χ0v) is 26.2. The van der Waals surface area contributed by atoms with E-state index in [1.807, 2.05) is 0 Å². The van der Waals surface area contributed by atoms with E-state index in [9.17, 15) is 31.2 Å². The lowest BCUT2D eigenvalue weighted by Crippen LogP contribution is -2.53. The average Bonchev–Trinajstić information content (AvgIpc) is 3.00. The predicted molar refractivity (Wildman–Crippen MR) is 164 cm³/mol. The molecule has 0 spiro atoms. The van der Waals surface area contributed by atoms with Gasteiger partial charge >= 0.3 is 6.18 Å². The Morgan fingerprint density at radius 3 is 2.16 bits per heavy atom. The second-order valence-corrected chi connectivity index (χ2v) is 13.3. The standard InChI is InChI=1S/C31H32Cl2F3N3O4S/c1-21(30(41)37-23-11-4-2-5-12-23)38(19-26-27(32)16-9-17-28(26)33)29(40)20-39(44(42,43)25-14-6-3-7-15-25)24-13-8-10-22(18-24)31(34,35)36/h3,6-10,13-18,21,23H,2,4-5,11-12,19-20H2,1H3,(H,37,41). The van der Waals surface area contributed by atoms with Crippen LogP contribution in [0.15, 0.2) is 77.7 Å². The molecule has 1 saturated carbocycles. The third kappa shape index (κ3) is 8.05. The first-order valence-corrected chi connectivity index (χ1v) is 16.3. The van der Waals surface area contributed by atoms with Crippen molar-refractivity contribution in [1.29, 1.82) is 0 Å². The van der Waals surface area contributed by atoms with Crippen molar-refractivity contribution < 1.29 is 31.2 Å². The van der Waals surface area contributed by atoms with E-state index in [0.29, 0.717) is 15.9 Å². The number of anilines is 1. The molecule has 7 nitrogen and oxygen atoms in total. The minimum atomic E-state index is -4.76. The zero-order chi connectivity index (χ0) is 32.1. The summed E-state index contributed by atoms with van der Waals surface area (Å²) >= 11 is 12.8. The van der Waals surface area contributed by atoms with Gasteiger partial charge in [-0.1, -0.05) is 72.8 Å². The highest BCUT2D eigenvalue weighted by Gasteiger charge is 2.36. The smallest absolute Gasteiger partial charge is 0.352 e. The number of nitrogens with one attached hydrogen (secondary N) is 1. The monoisotopic (exact) mass is 669 g/mol. The van der Waals surface area contributed by atoms with Crippen molar-refractivity contribution in [1.82, 2.24) is 10.2 Å². The summed E-state index contributed by atoms with van der Waals surface area (Å²) in [5.74, 6) is -1.30. The molecular formula is C31H32Cl2F3N3O4S. The van der Waals surface area contributed by atoms with Crippen molar-refractivity contribution in [2.45, 2.75) is 68.7 Å². The Morgan fingerprint density at radius 1 is 0.932 bits per heavy atom. The lowest BCUT2D eigenvalue weighted by Gasteiger charge is -2.33. The summed E-state index contributed by atoms with van der Waals surface area (Å²) in [4.78, 5) is 28.4. The Kier molecular flexibility index (Phi) is 10.9. The highest BCUT2D eigenvalue weighted by molar-refractivity contribution is 7.92. The summed E-state index contributed by atoms with van der Waals surface area (Å²) in [6.07, 6.45) is -0.191. The lowest BCUT2D eigenvalue weighted by molar-refractivity contribution is -0.139. The van der Waals surface area contributed by atoms with E-state index in [2.05, 4.69) is 5.32 Å². The normalized spacial score (nSPS) is 15.0. The topological polar surface area (TPSA) is 86.8 Å². The maximum Gasteiger partial charge on any atom is 0.416 e. The minimum absolute atomic E-state index is 0.0698. The number of rotatable bonds is 10. The van der Waals surface area contributed by atoms with Crippen LogP contribution in [0.3, 0.4) is 0 Å². The van der Waals surface area contributed by atoms with Gasteiger partial charge in [0.05, 0.1) is 16.1 Å². The molecule has 2 amide bonds. The lowest BCUT2D eigenvalue weighted by atomic mass is 9.95. The van der Waals surface area contributed by atoms with Crippen LogP contribution >= 0.6 is 23.2 Å². The Hall–Kier alpha value is -3.28. The molecule has 1 atom stereocenters. The minimum Gasteiger partial charge on any atom is -0.352 e. The Morgan fingerprint density at radius 2 is 1.55 bits per heavy atom. The van der Waals surface area contributed by atoms with Crippen LogP contribution < -0.4 is 9.62 Å². The van der Waals surface area contributed by atoms with E-state index in [0.717, 1.165) is 49.1 Å². The number of hydrogen-bond donors (Lipinski definition) is 1. The molecule has 44 heavy (non-hydrogen) atoms. The highest BCUT2D eigenvalue weighted by Crippen LogP contribution is 2.34. The maximum atomic E-state index is 14.1. The third-order valence-corrected chi connectivity index (χ3v) is 10.1. The summed E-state index contributed by atoms with van der Waals surface area (Å²) in [5, 5.41) is 3.43. The molecule has 0 heterocycles. The Bertz CT molecular complexity index is 1560. The van der Waals surface area contributed by atoms with Crippen molar-refractivity contribution in [2.75, 3.05) is 10.8 Å². The zero-order valence-electron chi connectivity index (χ0n) is 23.9. The van der Waals surface area contributed by atoms with E-state index in [4.69, 9.17) is 23.2 Å². The van der Waals surface area contributed by atoms with Gasteiger partial charge in [0, 0.05) is 28.2 Å². The van der Waals surface area contributed by atoms with Gasteiger partial charge in [0.25, 0.3) is 10.0 Å². The van der Waals surface area contributed by atoms with Gasteiger partial charge < -0.3 is 10.2 Å². The van der Waals surface area contributed by atoms with E-state index >= 15 is 0 Å². The van der Waals surface area contributed by atoms with Crippen LogP contribution in [0.4, 0.5) is 18.9 Å². The molecule has 13 heteroatoms. The molecule has 1 fully saturated rings. The number of halogens is 5. The number of carbonyl (C=O) groups is 2. The molecule has 236 valence electrons. The van der Waals surface area contributed by atoms with Gasteiger partial charge in [0.15, 0.2) is 0 Å². The quantitative estimate of drug-likeness (QED) is 0.250. The first-order valence-electron chi connectivity index (χ1n) is 14.1. The molecular weight excluding hydrogens is 638 g/mol. The summed E-state index contributed by atoms with van der Waals surface area (Å²) in [6, 6.07) is 14.4. The molecule has 1 aliphatic rings. The van der Waals surface area contributed by atoms with Gasteiger partial charge in [-0.25, -0.2) is 8.42 Å². The molecule has 1 unspecified atom stereocenters. The van der Waals surface area contributed by atoms with Gasteiger partial charge in [0.2, 0.25) is 11.8 Å². The van der Waals surface area contributed by atoms with Crippen LogP contribution in [0.2, 0.25) is 10.0 Å². The van der Waals surface area contributed by atoms with Gasteiger partial charge in [-0.15, -0.1) is 0 Å². The summed E-state index contributed by atoms with van der Waals surface area (Å²) < 4.78 is 69.2. The number of nitrogens with zero attached hydrogens (tertiary/aromatic N) is 2. The van der Waals surface area contributed by atoms with Crippen molar-refractivity contribution in [3.05, 3.63) is 94.0 Å². The van der Waals surface area contributed by atoms with Crippen molar-refractivity contribution in [2.24, 2.45) is 0 Å². The van der Waals surface area contributed by atoms with Crippen LogP contribution in [0.5, 0.6) is 0 Å². The number of alkyl halides is 3. The molecule has 0 saturated heterocycles. The SMILES string of the molecule is CC(C(=O)NC1CCCCC1)N(Cc1c(Cl)cccc1Cl)C(=O)CN(c1cccc(C(F)(F)F)c1)S(=O)(=O)c1ccccc1. The van der Waals surface area contributed by atoms with Crippen LogP contribution in [0.25, 0.3) is 0 Å². The van der Waals surface area contributed by atoms with E-state index < -0.39 is 46.2 Å². The summed E-state index contributed by atoms with van der Waals surface area (Å²) in [5.41, 5.74) is -1.12. The number of benzene rings is 3. The van der Waals surface area contributed by atoms with Crippen molar-refractivity contribution in [3.63, 3.8) is 0 Å². The van der Waals surface area contributed by atoms with Crippen LogP contribution in [0, 0.1) is 0 Å². The van der Waals surface area contributed by atoms with Gasteiger partial charge in [-0.05, 0) is 62.2 Å². The molecule has 0 aliphatic heterocycles. The number of sulfonamides is 1. The highest BCUT2D eigenvalue weighted by atomic mass is 35.5. The van der Waals surface area contributed by atoms with E-state index in [1.165, 1.54) is 37.3 Å². The molecule has 1 aliphatic carbocycles. The van der Waals surface area contributed by atoms with Crippen LogP contribution in [-0.2, 0) is 32.3 Å². The Balaban J connectivity index is 1.74. The molecule has 0 aromatic heterocycles. The molecule has 3 aromatic carbocycles. The third-order valence-electron chi connectivity index (χ3n) is 7.58. The van der Waals surface area contributed by atoms with E-state index in [1.54, 1.807) is 24.3 Å². The molecule has 1 N–H and O–H groups in total. The Labute approximate surface area is 265 Å². The van der Waals surface area contributed by atoms with Gasteiger partial charge in [-0.2, -0.15) is 13.2 Å².